The van der Waals surface area contributed by atoms with Crippen LogP contribution >= 0.6 is 32.5 Å². The summed E-state index contributed by atoms with van der Waals surface area (Å²) >= 11 is 15.0. The monoisotopic (exact) mass is 1220 g/mol. The van der Waals surface area contributed by atoms with E-state index in [1.54, 1.807) is 0 Å². The van der Waals surface area contributed by atoms with Gasteiger partial charge in [-0.1, -0.05) is 12.2 Å². The van der Waals surface area contributed by atoms with E-state index in [1.807, 2.05) is 0 Å². The predicted octanol–water partition coefficient (Wildman–Crippen LogP) is -2.93. The van der Waals surface area contributed by atoms with Gasteiger partial charge >= 0.3 is 31.6 Å². The van der Waals surface area contributed by atoms with Crippen molar-refractivity contribution in [1.82, 2.24) is 68.1 Å². The number of ether oxygens (including phenoxy) is 4. The number of nitrogens with two attached hydrogens (primary N) is 4. The molecule has 0 radical (unpaired) electrons. The molecule has 3 unspecified atom stereocenters. The maximum atomic E-state index is 14.3. The topological polar surface area (TPSA) is 517 Å². The van der Waals surface area contributed by atoms with Gasteiger partial charge in [-0.05, 0) is 23.6 Å². The Hall–Kier alpha value is -5.16. The van der Waals surface area contributed by atoms with Crippen LogP contribution in [-0.2, 0) is 74.3 Å². The molecule has 0 saturated carbocycles. The zero-order valence-corrected chi connectivity index (χ0v) is 45.3. The van der Waals surface area contributed by atoms with E-state index in [9.17, 15) is 43.7 Å². The summed E-state index contributed by atoms with van der Waals surface area (Å²) in [4.78, 5) is 109. The lowest BCUT2D eigenvalue weighted by Gasteiger charge is -2.27. The molecule has 10 rings (SSSR count). The number of H-pyrrole nitrogens is 2. The first-order chi connectivity index (χ1) is 37.4. The van der Waals surface area contributed by atoms with Crippen LogP contribution in [0.15, 0.2) is 44.5 Å². The summed E-state index contributed by atoms with van der Waals surface area (Å²) in [6.07, 6.45) is -10.0. The second kappa shape index (κ2) is 22.6. The van der Waals surface area contributed by atoms with Gasteiger partial charge in [0, 0.05) is 25.7 Å². The number of aromatic amines is 2. The Morgan fingerprint density at radius 3 is 1.47 bits per heavy atom. The van der Waals surface area contributed by atoms with E-state index in [2.05, 4.69) is 62.1 Å². The van der Waals surface area contributed by atoms with Crippen molar-refractivity contribution in [1.29, 1.82) is 0 Å². The Kier molecular flexibility index (Phi) is 16.4. The standard InChI is InChI=1S/C36H47N18O19P3S3/c37-31-43-11-53(35(59)49-31)23-2-14(17(5-55)67-23)71-75(62,78)65-7-19-15(3-22(69-19)52-10-42-26-28(52)46-34(40)48-30(26)58)72-76(63,79)66-8-20-16(4-24(70-20)54-12-44-32(38)50-36(54)60)73-74(61,77)64-6-18-13(56)1-21(68-18)51-9-41-25-27(51)45-33(39)47-29(25)57/h9-24,55-56H,1-8H2,(H,61,77)(H,62,78)(H,63,79)(H2,37,49,59)(H2,38,50,60)(H3,39,45,47,57)(H3,40,46,48,58)/t13-,14-,15-,16-,17-,18-,19-,20-,21-,22-,23-,24-,74?,75?,76?/m1/s1. The van der Waals surface area contributed by atoms with E-state index < -0.39 is 143 Å². The van der Waals surface area contributed by atoms with Gasteiger partial charge in [0.15, 0.2) is 22.3 Å². The Bertz CT molecular complexity index is 3670. The number of hydrogen-bond donors (Lipinski definition) is 11. The lowest BCUT2D eigenvalue weighted by molar-refractivity contribution is -0.0548. The number of aliphatic hydroxyl groups excluding tert-OH is 2. The first-order valence-corrected chi connectivity index (χ1v) is 31.0. The van der Waals surface area contributed by atoms with E-state index in [1.165, 1.54) is 21.8 Å². The lowest BCUT2D eigenvalue weighted by atomic mass is 10.2. The van der Waals surface area contributed by atoms with Gasteiger partial charge in [0.05, 0.1) is 57.4 Å². The van der Waals surface area contributed by atoms with Crippen LogP contribution in [0.5, 0.6) is 0 Å². The number of aliphatic hydroxyl groups is 2. The number of aromatic nitrogens is 14. The van der Waals surface area contributed by atoms with Crippen LogP contribution in [0.3, 0.4) is 0 Å². The second-order valence-corrected chi connectivity index (χ2v) is 26.3. The number of hydrogen-bond acceptors (Lipinski definition) is 31. The van der Waals surface area contributed by atoms with Gasteiger partial charge in [-0.25, -0.2) is 34.1 Å². The number of anilines is 4. The fourth-order valence-corrected chi connectivity index (χ4v) is 13.4. The molecular formula is C36H47N18O19P3S3. The minimum Gasteiger partial charge on any atom is -0.394 e. The fraction of sp³-hybridized carbons (Fsp3) is 0.556. The first kappa shape index (κ1) is 57.1. The molecule has 428 valence electrons. The highest BCUT2D eigenvalue weighted by Crippen LogP contribution is 2.58. The third-order valence-corrected chi connectivity index (χ3v) is 17.4. The summed E-state index contributed by atoms with van der Waals surface area (Å²) in [5.41, 5.74) is 19.7. The van der Waals surface area contributed by atoms with Crippen molar-refractivity contribution in [2.75, 3.05) is 49.4 Å². The smallest absolute Gasteiger partial charge is 0.386 e. The number of rotatable bonds is 20. The van der Waals surface area contributed by atoms with Crippen molar-refractivity contribution < 1.29 is 70.7 Å². The molecule has 4 aliphatic heterocycles. The molecule has 10 heterocycles. The van der Waals surface area contributed by atoms with E-state index in [4.69, 9.17) is 92.6 Å². The lowest BCUT2D eigenvalue weighted by Crippen LogP contribution is -2.31. The Morgan fingerprint density at radius 1 is 0.595 bits per heavy atom. The molecule has 4 aliphatic rings. The highest BCUT2D eigenvalue weighted by atomic mass is 32.7. The molecule has 4 saturated heterocycles. The summed E-state index contributed by atoms with van der Waals surface area (Å²) in [7, 11) is 0. The van der Waals surface area contributed by atoms with Crippen LogP contribution in [0.1, 0.15) is 50.6 Å². The van der Waals surface area contributed by atoms with E-state index in [0.29, 0.717) is 0 Å². The SMILES string of the molecule is Nc1ncn([C@H]2C[C@@H](OP(O)(=S)OC[C@H]3O[C@@H](n4cnc5c(=O)[nH]c(N)nc54)C[C@H]3OP(=O)(S)OC[C@H]3O[C@@H](n4cnc(N)nc4=O)C[C@H]3OP(O)(=S)OC[C@H]3O[C@@H](n4cnc5c(=O)[nH]c(N)nc54)C[C@H]3O)[C@@H](CO)O2)c(=O)n1. The van der Waals surface area contributed by atoms with Crippen LogP contribution in [0.4, 0.5) is 23.8 Å². The van der Waals surface area contributed by atoms with Gasteiger partial charge < -0.3 is 80.0 Å². The number of nitrogens with zero attached hydrogens (tertiary/aromatic N) is 12. The van der Waals surface area contributed by atoms with Crippen LogP contribution < -0.4 is 45.4 Å². The van der Waals surface area contributed by atoms with Crippen molar-refractivity contribution in [3.63, 3.8) is 0 Å². The van der Waals surface area contributed by atoms with E-state index in [0.717, 1.165) is 21.8 Å². The highest BCUT2D eigenvalue weighted by molar-refractivity contribution is 8.44. The van der Waals surface area contributed by atoms with Crippen molar-refractivity contribution in [2.45, 2.75) is 99.4 Å². The van der Waals surface area contributed by atoms with E-state index in [-0.39, 0.29) is 71.8 Å². The zero-order chi connectivity index (χ0) is 56.3. The van der Waals surface area contributed by atoms with Gasteiger partial charge in [-0.3, -0.25) is 46.9 Å². The second-order valence-electron chi connectivity index (χ2n) is 17.8. The minimum absolute atomic E-state index is 0.0104. The molecule has 15 atom stereocenters. The maximum absolute atomic E-state index is 14.3. The Balaban J connectivity index is 0.828. The van der Waals surface area contributed by atoms with Gasteiger partial charge in [0.1, 0.15) is 68.1 Å². The quantitative estimate of drug-likeness (QED) is 0.0269. The molecule has 0 bridgehead atoms. The molecule has 0 aromatic carbocycles. The number of nitrogen functional groups attached to an aromatic ring is 4. The molecule has 6 aromatic heterocycles. The molecule has 37 nitrogen and oxygen atoms in total. The summed E-state index contributed by atoms with van der Waals surface area (Å²) in [6, 6.07) is 0. The van der Waals surface area contributed by atoms with Crippen LogP contribution in [0.25, 0.3) is 22.3 Å². The normalized spacial score (nSPS) is 29.5. The third-order valence-electron chi connectivity index (χ3n) is 12.6. The summed E-state index contributed by atoms with van der Waals surface area (Å²) in [5.74, 6) is -1.05. The predicted molar refractivity (Wildman–Crippen MR) is 276 cm³/mol. The molecule has 6 aromatic rings. The number of thiol groups is 1. The van der Waals surface area contributed by atoms with Crippen molar-refractivity contribution in [3.8, 4) is 0 Å². The van der Waals surface area contributed by atoms with Gasteiger partial charge in [0.25, 0.3) is 11.1 Å². The van der Waals surface area contributed by atoms with Crippen LogP contribution in [-0.4, -0.2) is 163 Å². The molecule has 79 heavy (non-hydrogen) atoms. The van der Waals surface area contributed by atoms with Crippen molar-refractivity contribution in [2.24, 2.45) is 0 Å². The fourth-order valence-electron chi connectivity index (χ4n) is 8.97. The minimum atomic E-state index is -4.61. The summed E-state index contributed by atoms with van der Waals surface area (Å²) in [6.45, 7) is -15.7. The van der Waals surface area contributed by atoms with Crippen molar-refractivity contribution in [3.05, 3.63) is 67.0 Å². The average Bonchev–Trinajstić information content (AvgIpc) is 4.45. The van der Waals surface area contributed by atoms with Gasteiger partial charge in [-0.15, -0.1) is 0 Å². The molecule has 0 amide bonds. The first-order valence-electron chi connectivity index (χ1n) is 23.2. The number of imidazole rings is 2. The molecule has 0 aliphatic carbocycles. The van der Waals surface area contributed by atoms with Crippen molar-refractivity contribution >= 4 is 102 Å². The molecule has 4 fully saturated rings. The number of fused-ring (bicyclic) bond motifs is 2. The largest absolute Gasteiger partial charge is 0.394 e. The van der Waals surface area contributed by atoms with Crippen LogP contribution in [0.2, 0.25) is 0 Å². The van der Waals surface area contributed by atoms with Gasteiger partial charge in [0.2, 0.25) is 23.8 Å². The molecular weight excluding hydrogens is 1180 g/mol. The zero-order valence-electron chi connectivity index (χ0n) is 40.1. The van der Waals surface area contributed by atoms with Crippen LogP contribution in [0, 0.1) is 0 Å². The Morgan fingerprint density at radius 2 is 0.987 bits per heavy atom. The third kappa shape index (κ3) is 12.7. The highest BCUT2D eigenvalue weighted by Gasteiger charge is 2.47. The molecule has 14 N–H and O–H groups in total. The molecule has 0 spiro atoms. The number of nitrogens with one attached hydrogen (secondary N) is 2. The van der Waals surface area contributed by atoms with Gasteiger partial charge in [-0.2, -0.15) is 19.9 Å². The maximum Gasteiger partial charge on any atom is 0.386 e. The van der Waals surface area contributed by atoms with E-state index >= 15 is 0 Å². The average molecular weight is 1230 g/mol. The summed E-state index contributed by atoms with van der Waals surface area (Å²) < 4.78 is 77.9. The summed E-state index contributed by atoms with van der Waals surface area (Å²) in [5, 5.41) is 21.0. The Labute approximate surface area is 455 Å². The molecule has 43 heteroatoms.